The average molecular weight is 292 g/mol. The highest BCUT2D eigenvalue weighted by atomic mass is 32.2. The van der Waals surface area contributed by atoms with Gasteiger partial charge in [-0.15, -0.1) is 10.2 Å². The van der Waals surface area contributed by atoms with Crippen molar-refractivity contribution in [2.45, 2.75) is 30.3 Å². The molecule has 0 aliphatic carbocycles. The molecule has 0 saturated heterocycles. The number of ether oxygens (including phenoxy) is 1. The number of methoxy groups -OCH3 is 1. The van der Waals surface area contributed by atoms with Gasteiger partial charge in [-0.2, -0.15) is 0 Å². The number of benzene rings is 1. The second-order valence-electron chi connectivity index (χ2n) is 4.76. The van der Waals surface area contributed by atoms with Crippen molar-refractivity contribution in [1.29, 1.82) is 0 Å². The van der Waals surface area contributed by atoms with Crippen LogP contribution in [0.15, 0.2) is 29.4 Å². The van der Waals surface area contributed by atoms with Gasteiger partial charge in [0.15, 0.2) is 5.16 Å². The van der Waals surface area contributed by atoms with E-state index in [0.717, 1.165) is 22.3 Å². The summed E-state index contributed by atoms with van der Waals surface area (Å²) in [6.07, 6.45) is 0. The molecule has 2 atom stereocenters. The summed E-state index contributed by atoms with van der Waals surface area (Å²) in [6.45, 7) is 3.93. The van der Waals surface area contributed by atoms with E-state index in [1.165, 1.54) is 0 Å². The van der Waals surface area contributed by atoms with Gasteiger partial charge in [0.2, 0.25) is 0 Å². The Labute approximate surface area is 123 Å². The fourth-order valence-corrected chi connectivity index (χ4v) is 3.00. The van der Waals surface area contributed by atoms with Crippen molar-refractivity contribution in [3.8, 4) is 5.75 Å². The number of nitrogens with zero attached hydrogens (tertiary/aromatic N) is 3. The van der Waals surface area contributed by atoms with Crippen molar-refractivity contribution >= 4 is 11.8 Å². The molecule has 0 saturated carbocycles. The molecule has 1 aromatic carbocycles. The van der Waals surface area contributed by atoms with E-state index in [2.05, 4.69) is 16.3 Å². The van der Waals surface area contributed by atoms with Gasteiger partial charge in [0.25, 0.3) is 0 Å². The average Bonchev–Trinajstić information content (AvgIpc) is 2.76. The maximum atomic E-state index is 6.15. The van der Waals surface area contributed by atoms with Crippen molar-refractivity contribution in [3.05, 3.63) is 35.7 Å². The maximum absolute atomic E-state index is 6.15. The minimum atomic E-state index is -0.0101. The quantitative estimate of drug-likeness (QED) is 0.857. The van der Waals surface area contributed by atoms with Crippen LogP contribution in [-0.2, 0) is 7.05 Å². The first-order chi connectivity index (χ1) is 9.52. The van der Waals surface area contributed by atoms with E-state index < -0.39 is 0 Å². The summed E-state index contributed by atoms with van der Waals surface area (Å²) in [4.78, 5) is 0. The number of nitrogens with two attached hydrogens (primary N) is 1. The third-order valence-electron chi connectivity index (χ3n) is 3.18. The summed E-state index contributed by atoms with van der Waals surface area (Å²) in [5.74, 6) is 1.73. The molecule has 1 aromatic heterocycles. The first kappa shape index (κ1) is 14.9. The maximum Gasteiger partial charge on any atom is 0.191 e. The first-order valence-corrected chi connectivity index (χ1v) is 7.33. The molecule has 0 bridgehead atoms. The molecular formula is C14H20N4OS. The van der Waals surface area contributed by atoms with Gasteiger partial charge in [0.05, 0.1) is 12.4 Å². The number of aromatic nitrogens is 3. The minimum Gasteiger partial charge on any atom is -0.497 e. The molecule has 0 radical (unpaired) electrons. The zero-order valence-electron chi connectivity index (χ0n) is 12.2. The summed E-state index contributed by atoms with van der Waals surface area (Å²) >= 11 is 1.63. The lowest BCUT2D eigenvalue weighted by Crippen LogP contribution is -2.23. The van der Waals surface area contributed by atoms with Crippen molar-refractivity contribution in [2.75, 3.05) is 7.11 Å². The van der Waals surface area contributed by atoms with E-state index in [-0.39, 0.29) is 11.3 Å². The van der Waals surface area contributed by atoms with E-state index in [0.29, 0.717) is 0 Å². The summed E-state index contributed by atoms with van der Waals surface area (Å²) in [5.41, 5.74) is 7.28. The lowest BCUT2D eigenvalue weighted by Gasteiger charge is -2.20. The molecule has 0 aliphatic rings. The molecular weight excluding hydrogens is 272 g/mol. The fourth-order valence-electron chi connectivity index (χ4n) is 1.90. The van der Waals surface area contributed by atoms with Crippen molar-refractivity contribution in [1.82, 2.24) is 14.8 Å². The standard InChI is InChI=1S/C14H20N4OS/c1-9(15)13(11-6-5-7-12(8-11)19-4)20-14-17-16-10(2)18(14)3/h5-9,13H,15H2,1-4H3. The topological polar surface area (TPSA) is 66.0 Å². The van der Waals surface area contributed by atoms with Crippen molar-refractivity contribution in [2.24, 2.45) is 12.8 Å². The van der Waals surface area contributed by atoms with Gasteiger partial charge in [-0.3, -0.25) is 0 Å². The van der Waals surface area contributed by atoms with Gasteiger partial charge < -0.3 is 15.0 Å². The molecule has 108 valence electrons. The predicted octanol–water partition coefficient (Wildman–Crippen LogP) is 2.31. The van der Waals surface area contributed by atoms with Crippen LogP contribution in [0.3, 0.4) is 0 Å². The molecule has 5 nitrogen and oxygen atoms in total. The van der Waals surface area contributed by atoms with Crippen molar-refractivity contribution < 1.29 is 4.74 Å². The molecule has 0 spiro atoms. The Hall–Kier alpha value is -1.53. The van der Waals surface area contributed by atoms with Gasteiger partial charge in [-0.25, -0.2) is 0 Å². The van der Waals surface area contributed by atoms with Crippen LogP contribution < -0.4 is 10.5 Å². The molecule has 2 rings (SSSR count). The van der Waals surface area contributed by atoms with E-state index in [1.54, 1.807) is 18.9 Å². The smallest absolute Gasteiger partial charge is 0.191 e. The molecule has 6 heteroatoms. The number of hydrogen-bond acceptors (Lipinski definition) is 5. The lowest BCUT2D eigenvalue weighted by atomic mass is 10.1. The molecule has 0 aliphatic heterocycles. The largest absolute Gasteiger partial charge is 0.497 e. The zero-order chi connectivity index (χ0) is 14.7. The number of aryl methyl sites for hydroxylation is 1. The van der Waals surface area contributed by atoms with Crippen LogP contribution >= 0.6 is 11.8 Å². The third-order valence-corrected chi connectivity index (χ3v) is 4.71. The predicted molar refractivity (Wildman–Crippen MR) is 81.0 cm³/mol. The normalized spacial score (nSPS) is 14.1. The SMILES string of the molecule is COc1cccc(C(Sc2nnc(C)n2C)C(C)N)c1. The van der Waals surface area contributed by atoms with Gasteiger partial charge in [0, 0.05) is 13.1 Å². The van der Waals surface area contributed by atoms with Gasteiger partial charge in [-0.05, 0) is 31.5 Å². The Morgan fingerprint density at radius 1 is 1.35 bits per heavy atom. The number of rotatable bonds is 5. The van der Waals surface area contributed by atoms with Crippen LogP contribution in [0, 0.1) is 6.92 Å². The van der Waals surface area contributed by atoms with Crippen LogP contribution in [0.25, 0.3) is 0 Å². The van der Waals surface area contributed by atoms with Gasteiger partial charge >= 0.3 is 0 Å². The lowest BCUT2D eigenvalue weighted by molar-refractivity contribution is 0.414. The van der Waals surface area contributed by atoms with Crippen LogP contribution in [0.2, 0.25) is 0 Å². The summed E-state index contributed by atoms with van der Waals surface area (Å²) in [7, 11) is 3.63. The molecule has 0 fully saturated rings. The highest BCUT2D eigenvalue weighted by Gasteiger charge is 2.21. The van der Waals surface area contributed by atoms with Crippen LogP contribution in [0.4, 0.5) is 0 Å². The third kappa shape index (κ3) is 3.13. The molecule has 0 amide bonds. The van der Waals surface area contributed by atoms with E-state index in [1.807, 2.05) is 43.7 Å². The Kier molecular flexibility index (Phi) is 4.67. The summed E-state index contributed by atoms with van der Waals surface area (Å²) in [6, 6.07) is 7.98. The monoisotopic (exact) mass is 292 g/mol. The highest BCUT2D eigenvalue weighted by molar-refractivity contribution is 7.99. The number of thioether (sulfide) groups is 1. The fraction of sp³-hybridized carbons (Fsp3) is 0.429. The van der Waals surface area contributed by atoms with Crippen LogP contribution in [0.1, 0.15) is 23.6 Å². The zero-order valence-corrected chi connectivity index (χ0v) is 13.0. The van der Waals surface area contributed by atoms with Gasteiger partial charge in [0.1, 0.15) is 11.6 Å². The first-order valence-electron chi connectivity index (χ1n) is 6.45. The minimum absolute atomic E-state index is 0.0101. The summed E-state index contributed by atoms with van der Waals surface area (Å²) in [5, 5.41) is 9.25. The van der Waals surface area contributed by atoms with Crippen molar-refractivity contribution in [3.63, 3.8) is 0 Å². The second-order valence-corrected chi connectivity index (χ2v) is 5.87. The molecule has 2 N–H and O–H groups in total. The van der Waals surface area contributed by atoms with E-state index >= 15 is 0 Å². The molecule has 2 aromatic rings. The summed E-state index contributed by atoms with van der Waals surface area (Å²) < 4.78 is 7.25. The Bertz CT molecular complexity index is 582. The van der Waals surface area contributed by atoms with E-state index in [4.69, 9.17) is 10.5 Å². The molecule has 2 unspecified atom stereocenters. The second kappa shape index (κ2) is 6.28. The Morgan fingerprint density at radius 2 is 2.10 bits per heavy atom. The van der Waals surface area contributed by atoms with Gasteiger partial charge in [-0.1, -0.05) is 23.9 Å². The Balaban J connectivity index is 2.29. The molecule has 1 heterocycles. The van der Waals surface area contributed by atoms with E-state index in [9.17, 15) is 0 Å². The van der Waals surface area contributed by atoms with Crippen LogP contribution in [0.5, 0.6) is 5.75 Å². The Morgan fingerprint density at radius 3 is 2.65 bits per heavy atom. The molecule has 20 heavy (non-hydrogen) atoms. The van der Waals surface area contributed by atoms with Crippen LogP contribution in [-0.4, -0.2) is 27.9 Å². The number of hydrogen-bond donors (Lipinski definition) is 1. The highest BCUT2D eigenvalue weighted by Crippen LogP contribution is 2.37.